The third kappa shape index (κ3) is 32.1. The van der Waals surface area contributed by atoms with E-state index in [2.05, 4.69) is 0 Å². The molecule has 0 radical (unpaired) electrons. The van der Waals surface area contributed by atoms with Crippen LogP contribution in [-0.2, 0) is 20.9 Å². The highest BCUT2D eigenvalue weighted by molar-refractivity contribution is 5.81. The van der Waals surface area contributed by atoms with Crippen molar-refractivity contribution in [3.63, 3.8) is 0 Å². The number of ether oxygens (including phenoxy) is 1. The largest absolute Gasteiger partial charge is 0.481 e. The number of aliphatic carboxylic acids is 1. The van der Waals surface area contributed by atoms with E-state index in [0.717, 1.165) is 0 Å². The van der Waals surface area contributed by atoms with E-state index in [1.165, 1.54) is 5.56 Å². The first kappa shape index (κ1) is 27.6. The third-order valence-corrected chi connectivity index (χ3v) is 1.41. The number of aldehydes is 1. The molecule has 0 aliphatic heterocycles. The van der Waals surface area contributed by atoms with Gasteiger partial charge in [0.05, 0.1) is 6.61 Å². The van der Waals surface area contributed by atoms with Crippen LogP contribution in [0.25, 0.3) is 0 Å². The van der Waals surface area contributed by atoms with Gasteiger partial charge in [0.2, 0.25) is 0 Å². The number of hydrogen-bond acceptors (Lipinski definition) is 3. The van der Waals surface area contributed by atoms with Crippen LogP contribution >= 0.6 is 0 Å². The van der Waals surface area contributed by atoms with Crippen LogP contribution in [0.15, 0.2) is 30.3 Å². The minimum Gasteiger partial charge on any atom is -0.481 e. The lowest BCUT2D eigenvalue weighted by Gasteiger charge is -1.95. The molecule has 4 heteroatoms. The predicted octanol–water partition coefficient (Wildman–Crippen LogP) is 4.57. The molecule has 0 unspecified atom stereocenters. The first-order chi connectivity index (χ1) is 10.2. The lowest BCUT2D eigenvalue weighted by atomic mass is 10.2. The van der Waals surface area contributed by atoms with Crippen molar-refractivity contribution in [2.24, 2.45) is 0 Å². The molecule has 0 aliphatic rings. The maximum absolute atomic E-state index is 9.37. The smallest absolute Gasteiger partial charge is 0.310 e. The van der Waals surface area contributed by atoms with Gasteiger partial charge in [0.25, 0.3) is 0 Å². The molecule has 0 spiro atoms. The van der Waals surface area contributed by atoms with Gasteiger partial charge in [-0.3, -0.25) is 4.79 Å². The normalized spacial score (nSPS) is 7.00. The van der Waals surface area contributed by atoms with Crippen molar-refractivity contribution in [2.75, 3.05) is 7.11 Å². The Morgan fingerprint density at radius 3 is 1.71 bits per heavy atom. The highest BCUT2D eigenvalue weighted by atomic mass is 16.5. The second-order valence-corrected chi connectivity index (χ2v) is 2.68. The summed E-state index contributed by atoms with van der Waals surface area (Å²) in [5.74, 6) is -1.08. The molecular formula is C17H32O4. The monoisotopic (exact) mass is 300 g/mol. The molecule has 0 bridgehead atoms. The Morgan fingerprint density at radius 2 is 1.48 bits per heavy atom. The van der Waals surface area contributed by atoms with Gasteiger partial charge in [-0.1, -0.05) is 71.9 Å². The quantitative estimate of drug-likeness (QED) is 0.653. The number of hydrogen-bond donors (Lipinski definition) is 1. The van der Waals surface area contributed by atoms with E-state index in [4.69, 9.17) is 9.84 Å². The van der Waals surface area contributed by atoms with Crippen molar-refractivity contribution in [1.82, 2.24) is 0 Å². The molecule has 0 aromatic heterocycles. The predicted molar refractivity (Wildman–Crippen MR) is 89.5 cm³/mol. The zero-order valence-corrected chi connectivity index (χ0v) is 14.6. The van der Waals surface area contributed by atoms with Gasteiger partial charge in [0.15, 0.2) is 0 Å². The van der Waals surface area contributed by atoms with Crippen LogP contribution in [-0.4, -0.2) is 24.5 Å². The maximum Gasteiger partial charge on any atom is 0.310 e. The summed E-state index contributed by atoms with van der Waals surface area (Å²) in [6, 6.07) is 10.1. The molecule has 0 amide bonds. The van der Waals surface area contributed by atoms with Crippen molar-refractivity contribution in [1.29, 1.82) is 0 Å². The van der Waals surface area contributed by atoms with Gasteiger partial charge < -0.3 is 14.6 Å². The van der Waals surface area contributed by atoms with Crippen molar-refractivity contribution < 1.29 is 19.4 Å². The van der Waals surface area contributed by atoms with Crippen LogP contribution in [0.4, 0.5) is 0 Å². The van der Waals surface area contributed by atoms with E-state index >= 15 is 0 Å². The number of benzene rings is 1. The van der Waals surface area contributed by atoms with Crippen LogP contribution < -0.4 is 0 Å². The van der Waals surface area contributed by atoms with Crippen LogP contribution in [0.3, 0.4) is 0 Å². The average molecular weight is 300 g/mol. The third-order valence-electron chi connectivity index (χ3n) is 1.41. The van der Waals surface area contributed by atoms with Gasteiger partial charge in [-0.25, -0.2) is 0 Å². The summed E-state index contributed by atoms with van der Waals surface area (Å²) >= 11 is 0. The number of carboxylic acids is 1. The first-order valence-electron chi connectivity index (χ1n) is 7.39. The summed E-state index contributed by atoms with van der Waals surface area (Å²) in [6.45, 7) is 12.7. The fourth-order valence-corrected chi connectivity index (χ4v) is 0.812. The first-order valence-corrected chi connectivity index (χ1v) is 7.39. The zero-order valence-electron chi connectivity index (χ0n) is 14.6. The Balaban J connectivity index is -0.000000106. The molecule has 0 heterocycles. The van der Waals surface area contributed by atoms with E-state index in [0.29, 0.717) is 12.9 Å². The van der Waals surface area contributed by atoms with Crippen LogP contribution in [0.5, 0.6) is 0 Å². The summed E-state index contributed by atoms with van der Waals surface area (Å²) in [6.07, 6.45) is -0.0394. The number of carbonyl (C=O) groups is 2. The fraction of sp³-hybridized carbons (Fsp3) is 0.529. The van der Waals surface area contributed by atoms with Crippen LogP contribution in [0.2, 0.25) is 0 Å². The zero-order chi connectivity index (χ0) is 17.5. The minimum atomic E-state index is -1.08. The molecular weight excluding hydrogens is 268 g/mol. The molecule has 4 nitrogen and oxygen atoms in total. The number of carbonyl (C=O) groups excluding carboxylic acids is 1. The lowest BCUT2D eigenvalue weighted by molar-refractivity contribution is -0.138. The highest BCUT2D eigenvalue weighted by Crippen LogP contribution is 1.98. The van der Waals surface area contributed by atoms with E-state index in [-0.39, 0.29) is 6.42 Å². The SMILES string of the molecule is CC.CC.CC.COCc1ccccc1.O=CCC(=O)O. The summed E-state index contributed by atoms with van der Waals surface area (Å²) in [4.78, 5) is 18.6. The lowest BCUT2D eigenvalue weighted by Crippen LogP contribution is -1.92. The van der Waals surface area contributed by atoms with E-state index in [9.17, 15) is 9.59 Å². The molecule has 1 N–H and O–H groups in total. The van der Waals surface area contributed by atoms with Gasteiger partial charge in [-0.05, 0) is 5.56 Å². The van der Waals surface area contributed by atoms with Crippen molar-refractivity contribution in [2.45, 2.75) is 54.6 Å². The Bertz CT molecular complexity index is 284. The van der Waals surface area contributed by atoms with Crippen molar-refractivity contribution in [3.8, 4) is 0 Å². The van der Waals surface area contributed by atoms with Gasteiger partial charge in [-0.15, -0.1) is 0 Å². The molecule has 0 saturated carbocycles. The Labute approximate surface area is 130 Å². The molecule has 0 atom stereocenters. The Hall–Kier alpha value is -1.68. The standard InChI is InChI=1S/C8H10O.C3H4O3.3C2H6/c1-9-7-8-5-3-2-4-6-8;4-2-1-3(5)6;3*1-2/h2-6H,7H2,1H3;2H,1H2,(H,5,6);3*1-2H3. The molecule has 1 rings (SSSR count). The van der Waals surface area contributed by atoms with Gasteiger partial charge >= 0.3 is 5.97 Å². The molecule has 0 fully saturated rings. The second-order valence-electron chi connectivity index (χ2n) is 2.68. The molecule has 21 heavy (non-hydrogen) atoms. The molecule has 124 valence electrons. The number of methoxy groups -OCH3 is 1. The second kappa shape index (κ2) is 31.0. The van der Waals surface area contributed by atoms with Crippen molar-refractivity contribution >= 4 is 12.3 Å². The molecule has 1 aromatic carbocycles. The van der Waals surface area contributed by atoms with Gasteiger partial charge in [-0.2, -0.15) is 0 Å². The average Bonchev–Trinajstić information content (AvgIpc) is 2.55. The molecule has 0 aliphatic carbocycles. The number of rotatable bonds is 4. The maximum atomic E-state index is 9.37. The highest BCUT2D eigenvalue weighted by Gasteiger charge is 1.88. The Morgan fingerprint density at radius 1 is 1.05 bits per heavy atom. The minimum absolute atomic E-state index is 0.350. The summed E-state index contributed by atoms with van der Waals surface area (Å²) in [5.41, 5.74) is 1.22. The van der Waals surface area contributed by atoms with Crippen LogP contribution in [0.1, 0.15) is 53.5 Å². The molecule has 0 saturated heterocycles. The summed E-state index contributed by atoms with van der Waals surface area (Å²) < 4.78 is 4.93. The van der Waals surface area contributed by atoms with E-state index in [1.807, 2.05) is 71.9 Å². The van der Waals surface area contributed by atoms with Gasteiger partial charge in [0, 0.05) is 7.11 Å². The molecule has 1 aromatic rings. The topological polar surface area (TPSA) is 63.6 Å². The summed E-state index contributed by atoms with van der Waals surface area (Å²) in [7, 11) is 1.70. The van der Waals surface area contributed by atoms with Crippen LogP contribution in [0, 0.1) is 0 Å². The van der Waals surface area contributed by atoms with Crippen molar-refractivity contribution in [3.05, 3.63) is 35.9 Å². The summed E-state index contributed by atoms with van der Waals surface area (Å²) in [5, 5.41) is 7.68. The van der Waals surface area contributed by atoms with Gasteiger partial charge in [0.1, 0.15) is 12.7 Å². The van der Waals surface area contributed by atoms with E-state index in [1.54, 1.807) is 7.11 Å². The Kier molecular flexibility index (Phi) is 40.8. The fourth-order valence-electron chi connectivity index (χ4n) is 0.812. The van der Waals surface area contributed by atoms with E-state index < -0.39 is 5.97 Å². The number of carboxylic acid groups (broad SMARTS) is 1.